The average molecular weight is 402 g/mol. The molecule has 1 saturated heterocycles. The standard InChI is InChI=1S/C18H19FN6O4/c1-23-5-8-6-29-17-10(18(27)28)16(26)9-12(22-21)11(19)14(15(23)13(9)25(8)17)24-3-2-7(20)4-24/h6-7,22H,2-5,20-21H2,1H3,(H,27,28). The number of hydrogen-bond donors (Lipinski definition) is 4. The van der Waals surface area contributed by atoms with Gasteiger partial charge in [-0.05, 0) is 6.42 Å². The molecule has 6 N–H and O–H groups in total. The molecule has 152 valence electrons. The van der Waals surface area contributed by atoms with Crippen LogP contribution in [0.25, 0.3) is 16.6 Å². The van der Waals surface area contributed by atoms with Crippen LogP contribution in [-0.2, 0) is 6.54 Å². The van der Waals surface area contributed by atoms with E-state index >= 15 is 4.39 Å². The van der Waals surface area contributed by atoms with Gasteiger partial charge in [0, 0.05) is 26.2 Å². The summed E-state index contributed by atoms with van der Waals surface area (Å²) in [4.78, 5) is 28.6. The predicted molar refractivity (Wildman–Crippen MR) is 105 cm³/mol. The van der Waals surface area contributed by atoms with Crippen molar-refractivity contribution < 1.29 is 18.7 Å². The van der Waals surface area contributed by atoms with E-state index in [1.807, 2.05) is 9.80 Å². The lowest BCUT2D eigenvalue weighted by Gasteiger charge is -2.33. The number of hydrogen-bond acceptors (Lipinski definition) is 8. The van der Waals surface area contributed by atoms with Crippen molar-refractivity contribution in [2.24, 2.45) is 11.6 Å². The molecule has 0 spiro atoms. The zero-order chi connectivity index (χ0) is 20.6. The number of anilines is 3. The molecule has 10 nitrogen and oxygen atoms in total. The van der Waals surface area contributed by atoms with Crippen LogP contribution in [0.15, 0.2) is 15.5 Å². The Morgan fingerprint density at radius 2 is 2.17 bits per heavy atom. The highest BCUT2D eigenvalue weighted by Gasteiger charge is 2.36. The second-order valence-corrected chi connectivity index (χ2v) is 7.48. The molecular weight excluding hydrogens is 383 g/mol. The Bertz CT molecular complexity index is 1270. The van der Waals surface area contributed by atoms with Gasteiger partial charge in [0.05, 0.1) is 28.8 Å². The van der Waals surface area contributed by atoms with Gasteiger partial charge in [0.25, 0.3) is 0 Å². The number of hydrazine groups is 1. The zero-order valence-electron chi connectivity index (χ0n) is 15.5. The lowest BCUT2D eigenvalue weighted by Crippen LogP contribution is -2.33. The molecule has 4 heterocycles. The van der Waals surface area contributed by atoms with Gasteiger partial charge in [-0.25, -0.2) is 9.18 Å². The van der Waals surface area contributed by atoms with Crippen molar-refractivity contribution in [2.75, 3.05) is 35.4 Å². The average Bonchev–Trinajstić information content (AvgIpc) is 3.27. The van der Waals surface area contributed by atoms with Crippen LogP contribution in [0.2, 0.25) is 0 Å². The molecule has 2 aromatic heterocycles. The topological polar surface area (TPSA) is 142 Å². The van der Waals surface area contributed by atoms with Crippen LogP contribution in [0.4, 0.5) is 21.5 Å². The van der Waals surface area contributed by atoms with E-state index in [4.69, 9.17) is 16.0 Å². The summed E-state index contributed by atoms with van der Waals surface area (Å²) in [5.74, 6) is 3.43. The van der Waals surface area contributed by atoms with Crippen molar-refractivity contribution in [3.63, 3.8) is 0 Å². The summed E-state index contributed by atoms with van der Waals surface area (Å²) in [5, 5.41) is 9.48. The maximum Gasteiger partial charge on any atom is 0.345 e. The number of aromatic carboxylic acids is 1. The molecule has 2 aliphatic rings. The number of benzene rings is 1. The third kappa shape index (κ3) is 2.16. The van der Waals surface area contributed by atoms with Crippen LogP contribution < -0.4 is 32.2 Å². The van der Waals surface area contributed by atoms with Crippen molar-refractivity contribution in [3.8, 4) is 0 Å². The van der Waals surface area contributed by atoms with Crippen LogP contribution in [0.1, 0.15) is 22.5 Å². The highest BCUT2D eigenvalue weighted by molar-refractivity contribution is 6.11. The highest BCUT2D eigenvalue weighted by Crippen LogP contribution is 2.46. The van der Waals surface area contributed by atoms with E-state index in [1.165, 1.54) is 6.26 Å². The molecule has 0 aliphatic carbocycles. The number of carboxylic acids is 1. The van der Waals surface area contributed by atoms with Gasteiger partial charge >= 0.3 is 5.97 Å². The fourth-order valence-corrected chi connectivity index (χ4v) is 4.51. The number of nitrogens with zero attached hydrogens (tertiary/aromatic N) is 3. The maximum absolute atomic E-state index is 15.7. The smallest absolute Gasteiger partial charge is 0.345 e. The van der Waals surface area contributed by atoms with Crippen LogP contribution in [0.5, 0.6) is 0 Å². The molecular formula is C18H19FN6O4. The summed E-state index contributed by atoms with van der Waals surface area (Å²) in [6.45, 7) is 1.35. The lowest BCUT2D eigenvalue weighted by molar-refractivity contribution is 0.0696. The minimum atomic E-state index is -1.45. The minimum Gasteiger partial charge on any atom is -0.477 e. The predicted octanol–water partition coefficient (Wildman–Crippen LogP) is 0.656. The summed E-state index contributed by atoms with van der Waals surface area (Å²) < 4.78 is 22.7. The van der Waals surface area contributed by atoms with Gasteiger partial charge in [-0.3, -0.25) is 15.0 Å². The second kappa shape index (κ2) is 5.84. The van der Waals surface area contributed by atoms with Crippen LogP contribution >= 0.6 is 0 Å². The van der Waals surface area contributed by atoms with Crippen LogP contribution in [0, 0.1) is 5.82 Å². The molecule has 0 amide bonds. The number of aromatic nitrogens is 1. The number of rotatable bonds is 3. The van der Waals surface area contributed by atoms with Gasteiger partial charge in [0.15, 0.2) is 11.4 Å². The Hall–Kier alpha value is -3.31. The molecule has 1 aromatic carbocycles. The Balaban J connectivity index is 2.04. The third-order valence-corrected chi connectivity index (χ3v) is 5.73. The minimum absolute atomic E-state index is 0.0852. The first-order valence-corrected chi connectivity index (χ1v) is 9.11. The molecule has 29 heavy (non-hydrogen) atoms. The highest BCUT2D eigenvalue weighted by atomic mass is 19.1. The first kappa shape index (κ1) is 17.8. The molecule has 1 fully saturated rings. The second-order valence-electron chi connectivity index (χ2n) is 7.48. The monoisotopic (exact) mass is 402 g/mol. The molecule has 1 atom stereocenters. The molecule has 0 radical (unpaired) electrons. The summed E-state index contributed by atoms with van der Waals surface area (Å²) in [6.07, 6.45) is 2.11. The summed E-state index contributed by atoms with van der Waals surface area (Å²) in [5.41, 5.74) is 8.31. The Labute approximate surface area is 163 Å². The molecule has 5 rings (SSSR count). The van der Waals surface area contributed by atoms with E-state index in [9.17, 15) is 14.7 Å². The molecule has 3 aromatic rings. The summed E-state index contributed by atoms with van der Waals surface area (Å²) >= 11 is 0. The molecule has 0 saturated carbocycles. The Morgan fingerprint density at radius 1 is 1.41 bits per heavy atom. The van der Waals surface area contributed by atoms with Gasteiger partial charge < -0.3 is 30.5 Å². The molecule has 1 unspecified atom stereocenters. The summed E-state index contributed by atoms with van der Waals surface area (Å²) in [6, 6.07) is -0.0953. The first-order chi connectivity index (χ1) is 13.8. The van der Waals surface area contributed by atoms with Crippen LogP contribution in [-0.4, -0.2) is 41.7 Å². The fraction of sp³-hybridized carbons (Fsp3) is 0.333. The number of carboxylic acid groups (broad SMARTS) is 1. The molecule has 0 bridgehead atoms. The number of pyridine rings is 1. The van der Waals surface area contributed by atoms with Crippen molar-refractivity contribution in [1.82, 2.24) is 4.40 Å². The first-order valence-electron chi connectivity index (χ1n) is 9.11. The van der Waals surface area contributed by atoms with Gasteiger partial charge in [0.1, 0.15) is 17.6 Å². The van der Waals surface area contributed by atoms with E-state index in [-0.39, 0.29) is 28.5 Å². The van der Waals surface area contributed by atoms with Gasteiger partial charge in [0.2, 0.25) is 11.1 Å². The number of oxazole rings is 1. The fourth-order valence-electron chi connectivity index (χ4n) is 4.51. The number of carbonyl (C=O) groups is 1. The quantitative estimate of drug-likeness (QED) is 0.367. The number of nitrogens with one attached hydrogen (secondary N) is 1. The number of nitrogens with two attached hydrogens (primary N) is 2. The SMILES string of the molecule is CN1Cc2coc3c(C(=O)O)c(=O)c4c(NN)c(F)c(N5CCC(N)C5)c1c4n23. The summed E-state index contributed by atoms with van der Waals surface area (Å²) in [7, 11) is 1.78. The molecule has 11 heteroatoms. The van der Waals surface area contributed by atoms with E-state index < -0.39 is 22.8 Å². The normalized spacial score (nSPS) is 18.4. The van der Waals surface area contributed by atoms with E-state index in [2.05, 4.69) is 5.43 Å². The Morgan fingerprint density at radius 3 is 2.79 bits per heavy atom. The number of halogens is 1. The third-order valence-electron chi connectivity index (χ3n) is 5.73. The lowest BCUT2D eigenvalue weighted by atomic mass is 10.0. The van der Waals surface area contributed by atoms with Crippen molar-refractivity contribution in [2.45, 2.75) is 19.0 Å². The van der Waals surface area contributed by atoms with E-state index in [0.717, 1.165) is 0 Å². The van der Waals surface area contributed by atoms with Crippen molar-refractivity contribution >= 4 is 39.6 Å². The largest absolute Gasteiger partial charge is 0.477 e. The van der Waals surface area contributed by atoms with Crippen molar-refractivity contribution in [1.29, 1.82) is 0 Å². The van der Waals surface area contributed by atoms with Gasteiger partial charge in [-0.15, -0.1) is 0 Å². The van der Waals surface area contributed by atoms with Gasteiger partial charge in [-0.2, -0.15) is 0 Å². The van der Waals surface area contributed by atoms with E-state index in [1.54, 1.807) is 11.4 Å². The van der Waals surface area contributed by atoms with Crippen molar-refractivity contribution in [3.05, 3.63) is 33.6 Å². The van der Waals surface area contributed by atoms with Gasteiger partial charge in [-0.1, -0.05) is 0 Å². The Kier molecular flexibility index (Phi) is 3.58. The molecule has 2 aliphatic heterocycles. The number of nitrogen functional groups attached to an aromatic ring is 1. The maximum atomic E-state index is 15.7. The van der Waals surface area contributed by atoms with Crippen LogP contribution in [0.3, 0.4) is 0 Å². The zero-order valence-corrected chi connectivity index (χ0v) is 15.5. The van der Waals surface area contributed by atoms with E-state index in [0.29, 0.717) is 43.0 Å².